The zero-order valence-electron chi connectivity index (χ0n) is 12.5. The second-order valence-electron chi connectivity index (χ2n) is 4.80. The molecule has 2 rings (SSSR count). The summed E-state index contributed by atoms with van der Waals surface area (Å²) < 4.78 is 4.75. The van der Waals surface area contributed by atoms with Crippen molar-refractivity contribution in [3.63, 3.8) is 0 Å². The molecule has 0 aliphatic rings. The Hall–Kier alpha value is -3.20. The highest BCUT2D eigenvalue weighted by atomic mass is 16.5. The first-order valence-electron chi connectivity index (χ1n) is 6.92. The lowest BCUT2D eigenvalue weighted by Crippen LogP contribution is -2.43. The van der Waals surface area contributed by atoms with Gasteiger partial charge in [0.25, 0.3) is 5.91 Å². The predicted molar refractivity (Wildman–Crippen MR) is 82.4 cm³/mol. The van der Waals surface area contributed by atoms with Crippen LogP contribution in [0.4, 0.5) is 0 Å². The number of carbonyl (C=O) groups excluding carboxylic acids is 2. The van der Waals surface area contributed by atoms with Gasteiger partial charge in [-0.2, -0.15) is 5.26 Å². The molecule has 0 radical (unpaired) electrons. The van der Waals surface area contributed by atoms with Gasteiger partial charge in [0.1, 0.15) is 6.04 Å². The largest absolute Gasteiger partial charge is 0.467 e. The van der Waals surface area contributed by atoms with E-state index in [-0.39, 0.29) is 12.3 Å². The highest BCUT2D eigenvalue weighted by molar-refractivity contribution is 5.96. The molecule has 1 aromatic carbocycles. The van der Waals surface area contributed by atoms with Crippen molar-refractivity contribution in [2.24, 2.45) is 0 Å². The smallest absolute Gasteiger partial charge is 0.328 e. The maximum Gasteiger partial charge on any atom is 0.328 e. The molecule has 1 amide bonds. The maximum atomic E-state index is 12.2. The quantitative estimate of drug-likeness (QED) is 0.844. The summed E-state index contributed by atoms with van der Waals surface area (Å²) in [5.74, 6) is -0.936. The highest BCUT2D eigenvalue weighted by Gasteiger charge is 2.22. The van der Waals surface area contributed by atoms with E-state index < -0.39 is 12.0 Å². The Morgan fingerprint density at radius 3 is 2.70 bits per heavy atom. The topological polar surface area (TPSA) is 92.1 Å². The number of ether oxygens (including phenoxy) is 1. The van der Waals surface area contributed by atoms with Crippen LogP contribution < -0.4 is 5.32 Å². The van der Waals surface area contributed by atoms with E-state index in [1.165, 1.54) is 19.5 Å². The van der Waals surface area contributed by atoms with Crippen molar-refractivity contribution in [2.75, 3.05) is 7.11 Å². The molecule has 2 aromatic rings. The van der Waals surface area contributed by atoms with E-state index in [1.54, 1.807) is 36.4 Å². The molecular weight excluding hydrogens is 294 g/mol. The average Bonchev–Trinajstić information content (AvgIpc) is 2.61. The first-order valence-corrected chi connectivity index (χ1v) is 6.92. The van der Waals surface area contributed by atoms with Crippen LogP contribution in [0.1, 0.15) is 21.5 Å². The third-order valence-electron chi connectivity index (χ3n) is 3.23. The van der Waals surface area contributed by atoms with E-state index in [9.17, 15) is 9.59 Å². The molecular formula is C17H15N3O3. The molecule has 0 saturated heterocycles. The zero-order valence-corrected chi connectivity index (χ0v) is 12.5. The third-order valence-corrected chi connectivity index (χ3v) is 3.23. The van der Waals surface area contributed by atoms with E-state index >= 15 is 0 Å². The summed E-state index contributed by atoms with van der Waals surface area (Å²) in [5.41, 5.74) is 1.65. The lowest BCUT2D eigenvalue weighted by molar-refractivity contribution is -0.142. The van der Waals surface area contributed by atoms with Gasteiger partial charge in [0.15, 0.2) is 0 Å². The second-order valence-corrected chi connectivity index (χ2v) is 4.80. The summed E-state index contributed by atoms with van der Waals surface area (Å²) in [7, 11) is 1.26. The molecule has 6 nitrogen and oxygen atoms in total. The number of methoxy groups -OCH3 is 1. The average molecular weight is 309 g/mol. The Bertz CT molecular complexity index is 738. The molecule has 0 spiro atoms. The van der Waals surface area contributed by atoms with Crippen molar-refractivity contribution < 1.29 is 14.3 Å². The number of nitriles is 1. The molecule has 1 N–H and O–H groups in total. The molecule has 6 heteroatoms. The van der Waals surface area contributed by atoms with Gasteiger partial charge in [-0.05, 0) is 29.8 Å². The molecule has 0 saturated carbocycles. The normalized spacial score (nSPS) is 11.1. The minimum Gasteiger partial charge on any atom is -0.467 e. The molecule has 116 valence electrons. The number of amides is 1. The number of carbonyl (C=O) groups is 2. The second kappa shape index (κ2) is 7.71. The monoisotopic (exact) mass is 309 g/mol. The van der Waals surface area contributed by atoms with Gasteiger partial charge < -0.3 is 10.1 Å². The Labute approximate surface area is 133 Å². The SMILES string of the molecule is COC(=O)[C@@H](Cc1cccc(C#N)c1)NC(=O)c1ccncc1. The minimum absolute atomic E-state index is 0.235. The molecule has 1 atom stereocenters. The van der Waals surface area contributed by atoms with Gasteiger partial charge in [-0.15, -0.1) is 0 Å². The number of hydrogen-bond acceptors (Lipinski definition) is 5. The standard InChI is InChI=1S/C17H15N3O3/c1-23-17(22)15(10-12-3-2-4-13(9-12)11-18)20-16(21)14-5-7-19-8-6-14/h2-9,15H,10H2,1H3,(H,20,21)/t15-/m1/s1. The Morgan fingerprint density at radius 2 is 2.04 bits per heavy atom. The molecule has 0 unspecified atom stereocenters. The van der Waals surface area contributed by atoms with Crippen molar-refractivity contribution >= 4 is 11.9 Å². The summed E-state index contributed by atoms with van der Waals surface area (Å²) in [6, 6.07) is 11.2. The predicted octanol–water partition coefficient (Wildman–Crippen LogP) is 1.47. The first kappa shape index (κ1) is 16.2. The number of pyridine rings is 1. The first-order chi connectivity index (χ1) is 11.1. The number of esters is 1. The van der Waals surface area contributed by atoms with Gasteiger partial charge in [0.05, 0.1) is 18.7 Å². The van der Waals surface area contributed by atoms with Gasteiger partial charge in [-0.1, -0.05) is 12.1 Å². The molecule has 23 heavy (non-hydrogen) atoms. The van der Waals surface area contributed by atoms with E-state index in [4.69, 9.17) is 10.00 Å². The van der Waals surface area contributed by atoms with Gasteiger partial charge >= 0.3 is 5.97 Å². The molecule has 1 heterocycles. The van der Waals surface area contributed by atoms with Crippen molar-refractivity contribution in [1.29, 1.82) is 5.26 Å². The number of nitrogens with one attached hydrogen (secondary N) is 1. The summed E-state index contributed by atoms with van der Waals surface area (Å²) in [4.78, 5) is 28.0. The van der Waals surface area contributed by atoms with Gasteiger partial charge in [-0.3, -0.25) is 9.78 Å². The van der Waals surface area contributed by atoms with Gasteiger partial charge in [0.2, 0.25) is 0 Å². The van der Waals surface area contributed by atoms with E-state index in [0.717, 1.165) is 5.56 Å². The van der Waals surface area contributed by atoms with Crippen LogP contribution in [0.3, 0.4) is 0 Å². The highest BCUT2D eigenvalue weighted by Crippen LogP contribution is 2.09. The molecule has 0 bridgehead atoms. The summed E-state index contributed by atoms with van der Waals surface area (Å²) >= 11 is 0. The van der Waals surface area contributed by atoms with Crippen LogP contribution in [0.25, 0.3) is 0 Å². The van der Waals surface area contributed by atoms with E-state index in [2.05, 4.69) is 10.3 Å². The van der Waals surface area contributed by atoms with Crippen LogP contribution in [-0.4, -0.2) is 30.0 Å². The van der Waals surface area contributed by atoms with Crippen molar-refractivity contribution in [3.8, 4) is 6.07 Å². The van der Waals surface area contributed by atoms with Crippen LogP contribution in [0, 0.1) is 11.3 Å². The van der Waals surface area contributed by atoms with Crippen LogP contribution in [0.5, 0.6) is 0 Å². The lowest BCUT2D eigenvalue weighted by Gasteiger charge is -2.16. The van der Waals surface area contributed by atoms with Crippen LogP contribution in [0.2, 0.25) is 0 Å². The van der Waals surface area contributed by atoms with Crippen LogP contribution in [0.15, 0.2) is 48.8 Å². The molecule has 0 aliphatic carbocycles. The van der Waals surface area contributed by atoms with E-state index in [0.29, 0.717) is 11.1 Å². The maximum absolute atomic E-state index is 12.2. The van der Waals surface area contributed by atoms with Gasteiger partial charge in [0, 0.05) is 24.4 Å². The van der Waals surface area contributed by atoms with Crippen molar-refractivity contribution in [2.45, 2.75) is 12.5 Å². The number of nitrogens with zero attached hydrogens (tertiary/aromatic N) is 2. The molecule has 0 aliphatic heterocycles. The number of benzene rings is 1. The van der Waals surface area contributed by atoms with Gasteiger partial charge in [-0.25, -0.2) is 4.79 Å². The summed E-state index contributed by atoms with van der Waals surface area (Å²) in [6.45, 7) is 0. The zero-order chi connectivity index (χ0) is 16.7. The lowest BCUT2D eigenvalue weighted by atomic mass is 10.0. The summed E-state index contributed by atoms with van der Waals surface area (Å²) in [5, 5.41) is 11.6. The van der Waals surface area contributed by atoms with Crippen molar-refractivity contribution in [3.05, 3.63) is 65.5 Å². The Balaban J connectivity index is 2.16. The fourth-order valence-corrected chi connectivity index (χ4v) is 2.08. The third kappa shape index (κ3) is 4.38. The fraction of sp³-hybridized carbons (Fsp3) is 0.176. The summed E-state index contributed by atoms with van der Waals surface area (Å²) in [6.07, 6.45) is 3.23. The number of aromatic nitrogens is 1. The minimum atomic E-state index is -0.838. The van der Waals surface area contributed by atoms with E-state index in [1.807, 2.05) is 6.07 Å². The Kier molecular flexibility index (Phi) is 5.42. The molecule has 1 aromatic heterocycles. The van der Waals surface area contributed by atoms with Crippen LogP contribution >= 0.6 is 0 Å². The fourth-order valence-electron chi connectivity index (χ4n) is 2.08. The number of hydrogen-bond donors (Lipinski definition) is 1. The number of rotatable bonds is 5. The Morgan fingerprint density at radius 1 is 1.30 bits per heavy atom. The molecule has 0 fully saturated rings. The van der Waals surface area contributed by atoms with Crippen LogP contribution in [-0.2, 0) is 16.0 Å². The van der Waals surface area contributed by atoms with Crippen molar-refractivity contribution in [1.82, 2.24) is 10.3 Å².